The molecule has 2 fully saturated rings. The molecule has 3 aromatic carbocycles. The maximum absolute atomic E-state index is 13.7. The summed E-state index contributed by atoms with van der Waals surface area (Å²) in [6.07, 6.45) is 2.80. The zero-order valence-corrected chi connectivity index (χ0v) is 24.1. The van der Waals surface area contributed by atoms with Gasteiger partial charge in [0, 0.05) is 37.6 Å². The quantitative estimate of drug-likeness (QED) is 0.312. The van der Waals surface area contributed by atoms with E-state index in [2.05, 4.69) is 9.62 Å². The van der Waals surface area contributed by atoms with Gasteiger partial charge in [-0.15, -0.1) is 0 Å². The third-order valence-corrected chi connectivity index (χ3v) is 9.05. The molecular weight excluding hydrogens is 546 g/mol. The van der Waals surface area contributed by atoms with E-state index >= 15 is 0 Å². The summed E-state index contributed by atoms with van der Waals surface area (Å²) in [5.74, 6) is 0.656. The highest BCUT2D eigenvalue weighted by molar-refractivity contribution is 7.92. The average molecular weight is 582 g/mol. The highest BCUT2D eigenvalue weighted by atomic mass is 35.5. The number of hydrogen-bond acceptors (Lipinski definition) is 5. The van der Waals surface area contributed by atoms with Crippen molar-refractivity contribution < 1.29 is 17.9 Å². The van der Waals surface area contributed by atoms with Crippen molar-refractivity contribution in [2.75, 3.05) is 41.6 Å². The highest BCUT2D eigenvalue weighted by Gasteiger charge is 2.30. The first-order valence-corrected chi connectivity index (χ1v) is 15.9. The van der Waals surface area contributed by atoms with E-state index in [4.69, 9.17) is 16.3 Å². The number of para-hydroxylation sites is 2. The van der Waals surface area contributed by atoms with Gasteiger partial charge in [0.05, 0.1) is 23.7 Å². The molecule has 3 aromatic rings. The van der Waals surface area contributed by atoms with Crippen molar-refractivity contribution in [2.45, 2.75) is 38.4 Å². The molecule has 1 aliphatic carbocycles. The summed E-state index contributed by atoms with van der Waals surface area (Å²) in [6, 6.07) is 24.8. The van der Waals surface area contributed by atoms with Crippen LogP contribution in [0.4, 0.5) is 11.4 Å². The van der Waals surface area contributed by atoms with Crippen LogP contribution in [0.15, 0.2) is 78.9 Å². The number of ether oxygens (including phenoxy) is 1. The summed E-state index contributed by atoms with van der Waals surface area (Å²) in [5, 5.41) is 0.651. The van der Waals surface area contributed by atoms with Crippen LogP contribution in [0.5, 0.6) is 0 Å². The molecule has 1 atom stereocenters. The van der Waals surface area contributed by atoms with Gasteiger partial charge in [-0.05, 0) is 47.7 Å². The van der Waals surface area contributed by atoms with Crippen LogP contribution in [0.1, 0.15) is 30.4 Å². The van der Waals surface area contributed by atoms with E-state index in [1.165, 1.54) is 0 Å². The van der Waals surface area contributed by atoms with Gasteiger partial charge in [-0.2, -0.15) is 0 Å². The highest BCUT2D eigenvalue weighted by Crippen LogP contribution is 2.33. The number of amides is 1. The molecular formula is C31H36ClN3O4S. The number of hydrogen-bond donors (Lipinski definition) is 1. The van der Waals surface area contributed by atoms with Crippen molar-refractivity contribution >= 4 is 38.9 Å². The van der Waals surface area contributed by atoms with E-state index in [0.29, 0.717) is 62.3 Å². The van der Waals surface area contributed by atoms with Crippen LogP contribution in [0.25, 0.3) is 0 Å². The largest absolute Gasteiger partial charge is 0.366 e. The number of piperazine rings is 1. The second-order valence-corrected chi connectivity index (χ2v) is 12.9. The molecule has 2 aliphatic rings. The van der Waals surface area contributed by atoms with Gasteiger partial charge in [0.15, 0.2) is 0 Å². The molecule has 1 heterocycles. The van der Waals surface area contributed by atoms with E-state index in [-0.39, 0.29) is 11.7 Å². The Morgan fingerprint density at radius 2 is 1.57 bits per heavy atom. The van der Waals surface area contributed by atoms with Crippen LogP contribution >= 0.6 is 11.6 Å². The fourth-order valence-corrected chi connectivity index (χ4v) is 6.36. The Morgan fingerprint density at radius 3 is 2.27 bits per heavy atom. The minimum Gasteiger partial charge on any atom is -0.366 e. The molecule has 0 spiro atoms. The number of carbonyl (C=O) groups is 1. The lowest BCUT2D eigenvalue weighted by Crippen LogP contribution is -2.52. The number of nitrogens with one attached hydrogen (secondary N) is 1. The molecule has 0 unspecified atom stereocenters. The summed E-state index contributed by atoms with van der Waals surface area (Å²) in [6.45, 7) is 2.58. The van der Waals surface area contributed by atoms with E-state index in [0.717, 1.165) is 29.7 Å². The van der Waals surface area contributed by atoms with Crippen LogP contribution in [-0.4, -0.2) is 57.3 Å². The number of anilines is 2. The molecule has 7 nitrogen and oxygen atoms in total. The first-order valence-electron chi connectivity index (χ1n) is 13.9. The van der Waals surface area contributed by atoms with Crippen molar-refractivity contribution in [3.63, 3.8) is 0 Å². The second kappa shape index (κ2) is 13.1. The van der Waals surface area contributed by atoms with Crippen molar-refractivity contribution in [1.82, 2.24) is 4.90 Å². The molecule has 212 valence electrons. The van der Waals surface area contributed by atoms with E-state index in [1.54, 1.807) is 6.07 Å². The lowest BCUT2D eigenvalue weighted by molar-refractivity contribution is -0.144. The van der Waals surface area contributed by atoms with Gasteiger partial charge < -0.3 is 14.5 Å². The number of sulfonamides is 1. The summed E-state index contributed by atoms with van der Waals surface area (Å²) in [7, 11) is -3.41. The molecule has 5 rings (SSSR count). The van der Waals surface area contributed by atoms with Crippen molar-refractivity contribution in [1.29, 1.82) is 0 Å². The number of halogens is 1. The molecule has 1 amide bonds. The third-order valence-electron chi connectivity index (χ3n) is 7.50. The Kier molecular flexibility index (Phi) is 9.29. The molecule has 0 bridgehead atoms. The average Bonchev–Trinajstić information content (AvgIpc) is 3.81. The molecule has 0 radical (unpaired) electrons. The SMILES string of the molecule is O=C([C@H](Cc1ccc(Cl)cc1)OCc1ccccc1)N1CCN(c2ccccc2NS(=O)(=O)CCC2CC2)CC1. The lowest BCUT2D eigenvalue weighted by atomic mass is 10.1. The zero-order valence-electron chi connectivity index (χ0n) is 22.5. The number of rotatable bonds is 12. The first-order chi connectivity index (χ1) is 19.4. The van der Waals surface area contributed by atoms with Gasteiger partial charge in [0.2, 0.25) is 10.0 Å². The molecule has 40 heavy (non-hydrogen) atoms. The molecule has 1 saturated heterocycles. The fourth-order valence-electron chi connectivity index (χ4n) is 4.98. The first kappa shape index (κ1) is 28.5. The lowest BCUT2D eigenvalue weighted by Gasteiger charge is -2.38. The Morgan fingerprint density at radius 1 is 0.900 bits per heavy atom. The molecule has 1 saturated carbocycles. The number of nitrogens with zero attached hydrogens (tertiary/aromatic N) is 2. The minimum atomic E-state index is -3.41. The summed E-state index contributed by atoms with van der Waals surface area (Å²) < 4.78 is 34.4. The minimum absolute atomic E-state index is 0.0420. The topological polar surface area (TPSA) is 79.0 Å². The Balaban J connectivity index is 1.23. The predicted octanol–water partition coefficient (Wildman–Crippen LogP) is 5.36. The predicted molar refractivity (Wildman–Crippen MR) is 160 cm³/mol. The van der Waals surface area contributed by atoms with Gasteiger partial charge >= 0.3 is 0 Å². The number of benzene rings is 3. The van der Waals surface area contributed by atoms with Crippen LogP contribution in [0, 0.1) is 5.92 Å². The van der Waals surface area contributed by atoms with Crippen molar-refractivity contribution in [3.05, 3.63) is 95.0 Å². The maximum atomic E-state index is 13.7. The molecule has 1 aliphatic heterocycles. The van der Waals surface area contributed by atoms with E-state index < -0.39 is 16.1 Å². The van der Waals surface area contributed by atoms with E-state index in [1.807, 2.05) is 77.7 Å². The summed E-state index contributed by atoms with van der Waals surface area (Å²) >= 11 is 6.07. The maximum Gasteiger partial charge on any atom is 0.252 e. The summed E-state index contributed by atoms with van der Waals surface area (Å²) in [4.78, 5) is 17.7. The van der Waals surface area contributed by atoms with Crippen molar-refractivity contribution in [2.24, 2.45) is 5.92 Å². The van der Waals surface area contributed by atoms with Crippen LogP contribution in [0.2, 0.25) is 5.02 Å². The third kappa shape index (κ3) is 7.99. The Labute approximate surface area is 242 Å². The standard InChI is InChI=1S/C31H36ClN3O4S/c32-27-14-12-25(13-15-27)22-30(39-23-26-6-2-1-3-7-26)31(36)35-19-17-34(18-20-35)29-9-5-4-8-28(29)33-40(37,38)21-16-24-10-11-24/h1-9,12-15,24,30,33H,10-11,16-23H2/t30-/m0/s1. The molecule has 9 heteroatoms. The van der Waals surface area contributed by atoms with Gasteiger partial charge in [0.25, 0.3) is 5.91 Å². The Hall–Kier alpha value is -3.07. The van der Waals surface area contributed by atoms with Gasteiger partial charge in [-0.1, -0.05) is 79.0 Å². The fraction of sp³-hybridized carbons (Fsp3) is 0.387. The van der Waals surface area contributed by atoms with Gasteiger partial charge in [-0.3, -0.25) is 9.52 Å². The second-order valence-electron chi connectivity index (χ2n) is 10.6. The Bertz CT molecular complexity index is 1370. The zero-order chi connectivity index (χ0) is 28.0. The monoisotopic (exact) mass is 581 g/mol. The van der Waals surface area contributed by atoms with Gasteiger partial charge in [-0.25, -0.2) is 8.42 Å². The molecule has 0 aromatic heterocycles. The van der Waals surface area contributed by atoms with Crippen LogP contribution < -0.4 is 9.62 Å². The summed E-state index contributed by atoms with van der Waals surface area (Å²) in [5.41, 5.74) is 3.42. The van der Waals surface area contributed by atoms with Crippen LogP contribution in [0.3, 0.4) is 0 Å². The molecule has 1 N–H and O–H groups in total. The number of carbonyl (C=O) groups excluding carboxylic acids is 1. The smallest absolute Gasteiger partial charge is 0.252 e. The van der Waals surface area contributed by atoms with Crippen LogP contribution in [-0.2, 0) is 32.6 Å². The van der Waals surface area contributed by atoms with Gasteiger partial charge in [0.1, 0.15) is 6.10 Å². The van der Waals surface area contributed by atoms with Crippen molar-refractivity contribution in [3.8, 4) is 0 Å². The van der Waals surface area contributed by atoms with E-state index in [9.17, 15) is 13.2 Å². The normalized spacial score (nSPS) is 16.5.